The van der Waals surface area contributed by atoms with Crippen molar-refractivity contribution in [1.82, 2.24) is 5.32 Å². The zero-order valence-corrected chi connectivity index (χ0v) is 5.42. The second-order valence-corrected chi connectivity index (χ2v) is 2.52. The lowest BCUT2D eigenvalue weighted by Gasteiger charge is -2.01. The standard InChI is InChI=1S/C6H11NO2/c1-4-2-5(3-8)7-6(4)9/h4-5,8H,2-3H2,1H3,(H,7,9)/t4-,5-/m0/s1. The van der Waals surface area contributed by atoms with Crippen molar-refractivity contribution in [2.24, 2.45) is 5.92 Å². The summed E-state index contributed by atoms with van der Waals surface area (Å²) < 4.78 is 0. The molecule has 1 heterocycles. The molecule has 0 radical (unpaired) electrons. The molecule has 0 aromatic carbocycles. The van der Waals surface area contributed by atoms with Crippen LogP contribution in [0.5, 0.6) is 0 Å². The SMILES string of the molecule is C[C@H]1C[C@@H](CO)NC1=O. The first kappa shape index (κ1) is 6.55. The van der Waals surface area contributed by atoms with Gasteiger partial charge in [-0.25, -0.2) is 0 Å². The van der Waals surface area contributed by atoms with Crippen LogP contribution >= 0.6 is 0 Å². The number of aliphatic hydroxyl groups excluding tert-OH is 1. The van der Waals surface area contributed by atoms with Crippen molar-refractivity contribution in [3.05, 3.63) is 0 Å². The molecule has 9 heavy (non-hydrogen) atoms. The fraction of sp³-hybridized carbons (Fsp3) is 0.833. The van der Waals surface area contributed by atoms with E-state index in [9.17, 15) is 4.79 Å². The van der Waals surface area contributed by atoms with E-state index in [1.54, 1.807) is 0 Å². The van der Waals surface area contributed by atoms with Crippen molar-refractivity contribution < 1.29 is 9.90 Å². The van der Waals surface area contributed by atoms with Gasteiger partial charge in [0.15, 0.2) is 0 Å². The van der Waals surface area contributed by atoms with Gasteiger partial charge in [-0.2, -0.15) is 0 Å². The largest absolute Gasteiger partial charge is 0.394 e. The highest BCUT2D eigenvalue weighted by Crippen LogP contribution is 2.12. The molecule has 0 unspecified atom stereocenters. The number of rotatable bonds is 1. The molecular formula is C6H11NO2. The Morgan fingerprint density at radius 3 is 2.78 bits per heavy atom. The lowest BCUT2D eigenvalue weighted by molar-refractivity contribution is -0.122. The van der Waals surface area contributed by atoms with Crippen LogP contribution in [0.15, 0.2) is 0 Å². The smallest absolute Gasteiger partial charge is 0.223 e. The first-order valence-corrected chi connectivity index (χ1v) is 3.15. The molecule has 1 aliphatic rings. The Balaban J connectivity index is 2.44. The molecule has 0 aromatic rings. The molecular weight excluding hydrogens is 118 g/mol. The Morgan fingerprint density at radius 2 is 2.56 bits per heavy atom. The summed E-state index contributed by atoms with van der Waals surface area (Å²) in [6.07, 6.45) is 0.773. The van der Waals surface area contributed by atoms with Gasteiger partial charge in [0.2, 0.25) is 5.91 Å². The highest BCUT2D eigenvalue weighted by Gasteiger charge is 2.27. The van der Waals surface area contributed by atoms with Crippen LogP contribution in [0.1, 0.15) is 13.3 Å². The monoisotopic (exact) mass is 129 g/mol. The summed E-state index contributed by atoms with van der Waals surface area (Å²) in [7, 11) is 0. The van der Waals surface area contributed by atoms with Crippen LogP contribution < -0.4 is 5.32 Å². The third-order valence-electron chi connectivity index (χ3n) is 1.65. The number of carbonyl (C=O) groups excluding carboxylic acids is 1. The van der Waals surface area contributed by atoms with Crippen LogP contribution in [0.2, 0.25) is 0 Å². The van der Waals surface area contributed by atoms with E-state index in [0.717, 1.165) is 6.42 Å². The lowest BCUT2D eigenvalue weighted by atomic mass is 10.1. The Bertz CT molecular complexity index is 124. The van der Waals surface area contributed by atoms with Gasteiger partial charge in [-0.3, -0.25) is 4.79 Å². The van der Waals surface area contributed by atoms with Crippen LogP contribution in [0, 0.1) is 5.92 Å². The molecule has 0 saturated carbocycles. The molecule has 0 spiro atoms. The molecule has 3 heteroatoms. The molecule has 1 rings (SSSR count). The van der Waals surface area contributed by atoms with Crippen LogP contribution in [-0.2, 0) is 4.79 Å². The predicted octanol–water partition coefficient (Wildman–Crippen LogP) is -0.497. The molecule has 1 aliphatic heterocycles. The molecule has 52 valence electrons. The zero-order chi connectivity index (χ0) is 6.85. The highest BCUT2D eigenvalue weighted by atomic mass is 16.3. The molecule has 2 N–H and O–H groups in total. The minimum Gasteiger partial charge on any atom is -0.394 e. The first-order chi connectivity index (χ1) is 4.24. The van der Waals surface area contributed by atoms with Crippen LogP contribution in [0.25, 0.3) is 0 Å². The van der Waals surface area contributed by atoms with Crippen LogP contribution in [0.4, 0.5) is 0 Å². The molecule has 0 aromatic heterocycles. The summed E-state index contributed by atoms with van der Waals surface area (Å²) >= 11 is 0. The van der Waals surface area contributed by atoms with Gasteiger partial charge in [0.1, 0.15) is 0 Å². The van der Waals surface area contributed by atoms with Crippen molar-refractivity contribution in [1.29, 1.82) is 0 Å². The molecule has 1 fully saturated rings. The minimum absolute atomic E-state index is 0.00694. The van der Waals surface area contributed by atoms with Gasteiger partial charge >= 0.3 is 0 Å². The number of hydrogen-bond donors (Lipinski definition) is 2. The Hall–Kier alpha value is -0.570. The predicted molar refractivity (Wildman–Crippen MR) is 32.8 cm³/mol. The highest BCUT2D eigenvalue weighted by molar-refractivity contribution is 5.80. The molecule has 2 atom stereocenters. The number of hydrogen-bond acceptors (Lipinski definition) is 2. The van der Waals surface area contributed by atoms with Gasteiger partial charge in [-0.05, 0) is 6.42 Å². The zero-order valence-electron chi connectivity index (χ0n) is 5.42. The molecule has 1 saturated heterocycles. The van der Waals surface area contributed by atoms with Crippen molar-refractivity contribution in [3.63, 3.8) is 0 Å². The Morgan fingerprint density at radius 1 is 1.89 bits per heavy atom. The van der Waals surface area contributed by atoms with Gasteiger partial charge in [-0.1, -0.05) is 6.92 Å². The van der Waals surface area contributed by atoms with Gasteiger partial charge < -0.3 is 10.4 Å². The van der Waals surface area contributed by atoms with Crippen molar-refractivity contribution in [3.8, 4) is 0 Å². The second kappa shape index (κ2) is 2.35. The van der Waals surface area contributed by atoms with Gasteiger partial charge in [-0.15, -0.1) is 0 Å². The van der Waals surface area contributed by atoms with E-state index in [1.165, 1.54) is 0 Å². The summed E-state index contributed by atoms with van der Waals surface area (Å²) in [4.78, 5) is 10.7. The quantitative estimate of drug-likeness (QED) is 0.501. The Kier molecular flexibility index (Phi) is 1.71. The van der Waals surface area contributed by atoms with E-state index in [0.29, 0.717) is 0 Å². The average Bonchev–Trinajstić information content (AvgIpc) is 2.13. The van der Waals surface area contributed by atoms with E-state index in [2.05, 4.69) is 5.32 Å². The Labute approximate surface area is 54.1 Å². The van der Waals surface area contributed by atoms with Crippen LogP contribution in [-0.4, -0.2) is 23.7 Å². The average molecular weight is 129 g/mol. The van der Waals surface area contributed by atoms with E-state index in [4.69, 9.17) is 5.11 Å². The fourth-order valence-corrected chi connectivity index (χ4v) is 1.06. The minimum atomic E-state index is 0.00694. The number of amides is 1. The number of carbonyl (C=O) groups is 1. The van der Waals surface area contributed by atoms with Crippen LogP contribution in [0.3, 0.4) is 0 Å². The summed E-state index contributed by atoms with van der Waals surface area (Å²) in [6.45, 7) is 1.93. The normalized spacial score (nSPS) is 34.7. The number of nitrogens with one attached hydrogen (secondary N) is 1. The van der Waals surface area contributed by atoms with E-state index in [1.807, 2.05) is 6.92 Å². The summed E-state index contributed by atoms with van der Waals surface area (Å²) in [5.41, 5.74) is 0. The van der Waals surface area contributed by atoms with E-state index in [-0.39, 0.29) is 24.5 Å². The topological polar surface area (TPSA) is 49.3 Å². The van der Waals surface area contributed by atoms with Gasteiger partial charge in [0.05, 0.1) is 12.6 Å². The summed E-state index contributed by atoms with van der Waals surface area (Å²) in [6, 6.07) is 0.00694. The van der Waals surface area contributed by atoms with Crippen molar-refractivity contribution in [2.45, 2.75) is 19.4 Å². The lowest BCUT2D eigenvalue weighted by Crippen LogP contribution is -2.28. The number of aliphatic hydroxyl groups is 1. The maximum Gasteiger partial charge on any atom is 0.223 e. The molecule has 0 aliphatic carbocycles. The first-order valence-electron chi connectivity index (χ1n) is 3.15. The van der Waals surface area contributed by atoms with Gasteiger partial charge in [0, 0.05) is 5.92 Å². The maximum atomic E-state index is 10.7. The fourth-order valence-electron chi connectivity index (χ4n) is 1.06. The third kappa shape index (κ3) is 1.21. The third-order valence-corrected chi connectivity index (χ3v) is 1.65. The second-order valence-electron chi connectivity index (χ2n) is 2.52. The van der Waals surface area contributed by atoms with Gasteiger partial charge in [0.25, 0.3) is 0 Å². The maximum absolute atomic E-state index is 10.7. The molecule has 3 nitrogen and oxygen atoms in total. The summed E-state index contributed by atoms with van der Waals surface area (Å²) in [5, 5.41) is 11.3. The van der Waals surface area contributed by atoms with E-state index >= 15 is 0 Å². The van der Waals surface area contributed by atoms with Crippen molar-refractivity contribution in [2.75, 3.05) is 6.61 Å². The van der Waals surface area contributed by atoms with Crippen molar-refractivity contribution >= 4 is 5.91 Å². The van der Waals surface area contributed by atoms with E-state index < -0.39 is 0 Å². The molecule has 1 amide bonds. The summed E-state index contributed by atoms with van der Waals surface area (Å²) in [5.74, 6) is 0.149. The molecule has 0 bridgehead atoms.